The van der Waals surface area contributed by atoms with Crippen molar-refractivity contribution in [2.75, 3.05) is 13.9 Å². The summed E-state index contributed by atoms with van der Waals surface area (Å²) in [6, 6.07) is 5.50. The van der Waals surface area contributed by atoms with Gasteiger partial charge in [0.1, 0.15) is 11.6 Å². The third-order valence-electron chi connectivity index (χ3n) is 3.49. The van der Waals surface area contributed by atoms with Crippen LogP contribution in [0.3, 0.4) is 0 Å². The van der Waals surface area contributed by atoms with E-state index in [1.807, 2.05) is 12.1 Å². The lowest BCUT2D eigenvalue weighted by Crippen LogP contribution is -2.15. The number of hydrogen-bond donors (Lipinski definition) is 1. The third kappa shape index (κ3) is 2.62. The fraction of sp³-hybridized carbons (Fsp3) is 0.188. The molecule has 0 bridgehead atoms. The zero-order chi connectivity index (χ0) is 16.4. The predicted molar refractivity (Wildman–Crippen MR) is 82.4 cm³/mol. The first-order chi connectivity index (χ1) is 11.1. The maximum absolute atomic E-state index is 11.5. The first-order valence-corrected chi connectivity index (χ1v) is 6.79. The van der Waals surface area contributed by atoms with Gasteiger partial charge >= 0.3 is 0 Å². The van der Waals surface area contributed by atoms with Gasteiger partial charge in [-0.3, -0.25) is 4.79 Å². The number of nitrogens with one attached hydrogen (secondary N) is 1. The molecule has 0 unspecified atom stereocenters. The van der Waals surface area contributed by atoms with Crippen LogP contribution in [0.1, 0.15) is 22.4 Å². The van der Waals surface area contributed by atoms with E-state index >= 15 is 0 Å². The van der Waals surface area contributed by atoms with Crippen LogP contribution >= 0.6 is 0 Å². The summed E-state index contributed by atoms with van der Waals surface area (Å²) in [5, 5.41) is 15.3. The van der Waals surface area contributed by atoms with Crippen LogP contribution in [0, 0.1) is 18.3 Å². The van der Waals surface area contributed by atoms with Gasteiger partial charge in [-0.15, -0.1) is 0 Å². The van der Waals surface area contributed by atoms with E-state index in [4.69, 9.17) is 19.5 Å². The van der Waals surface area contributed by atoms with Crippen LogP contribution in [-0.4, -0.2) is 24.1 Å². The summed E-state index contributed by atoms with van der Waals surface area (Å²) in [6.45, 7) is 1.84. The molecule has 1 aromatic heterocycles. The second-order valence-corrected chi connectivity index (χ2v) is 4.84. The summed E-state index contributed by atoms with van der Waals surface area (Å²) < 4.78 is 16.0. The van der Waals surface area contributed by atoms with Gasteiger partial charge in [0, 0.05) is 0 Å². The van der Waals surface area contributed by atoms with Crippen molar-refractivity contribution in [3.63, 3.8) is 0 Å². The highest BCUT2D eigenvalue weighted by atomic mass is 16.7. The second-order valence-electron chi connectivity index (χ2n) is 4.84. The normalized spacial score (nSPS) is 12.4. The molecule has 0 spiro atoms. The van der Waals surface area contributed by atoms with Gasteiger partial charge in [-0.25, -0.2) is 5.10 Å². The van der Waals surface area contributed by atoms with E-state index in [1.54, 1.807) is 32.3 Å². The van der Waals surface area contributed by atoms with Crippen molar-refractivity contribution in [1.82, 2.24) is 10.2 Å². The van der Waals surface area contributed by atoms with Crippen molar-refractivity contribution in [2.24, 2.45) is 0 Å². The van der Waals surface area contributed by atoms with Crippen molar-refractivity contribution < 1.29 is 14.2 Å². The van der Waals surface area contributed by atoms with Gasteiger partial charge in [0.15, 0.2) is 11.5 Å². The Morgan fingerprint density at radius 1 is 1.39 bits per heavy atom. The summed E-state index contributed by atoms with van der Waals surface area (Å²) in [7, 11) is 1.55. The number of H-pyrrole nitrogens is 1. The number of aromatic nitrogens is 2. The highest BCUT2D eigenvalue weighted by molar-refractivity contribution is 5.73. The quantitative estimate of drug-likeness (QED) is 0.929. The number of fused-ring (bicyclic) bond motifs is 1. The van der Waals surface area contributed by atoms with Crippen molar-refractivity contribution in [1.29, 1.82) is 5.26 Å². The first kappa shape index (κ1) is 14.7. The average molecular weight is 311 g/mol. The van der Waals surface area contributed by atoms with Crippen LogP contribution in [0.4, 0.5) is 0 Å². The van der Waals surface area contributed by atoms with E-state index in [-0.39, 0.29) is 12.4 Å². The molecule has 7 nitrogen and oxygen atoms in total. The minimum Gasteiger partial charge on any atom is -0.493 e. The maximum Gasteiger partial charge on any atom is 0.282 e. The number of methoxy groups -OCH3 is 1. The highest BCUT2D eigenvalue weighted by Crippen LogP contribution is 2.42. The predicted octanol–water partition coefficient (Wildman–Crippen LogP) is 1.86. The molecule has 0 atom stereocenters. The number of rotatable bonds is 3. The van der Waals surface area contributed by atoms with Crippen LogP contribution in [0.25, 0.3) is 12.2 Å². The van der Waals surface area contributed by atoms with Crippen molar-refractivity contribution in [3.05, 3.63) is 44.9 Å². The van der Waals surface area contributed by atoms with E-state index < -0.39 is 5.56 Å². The Hall–Kier alpha value is -3.27. The Morgan fingerprint density at radius 2 is 2.22 bits per heavy atom. The molecule has 2 heterocycles. The summed E-state index contributed by atoms with van der Waals surface area (Å²) in [5.41, 5.74) is 1.42. The smallest absolute Gasteiger partial charge is 0.282 e. The summed E-state index contributed by atoms with van der Waals surface area (Å²) in [4.78, 5) is 11.5. The van der Waals surface area contributed by atoms with Gasteiger partial charge in [0.2, 0.25) is 12.5 Å². The van der Waals surface area contributed by atoms with Crippen molar-refractivity contribution in [2.45, 2.75) is 6.92 Å². The first-order valence-electron chi connectivity index (χ1n) is 6.79. The Balaban J connectivity index is 1.99. The molecule has 1 aliphatic heterocycles. The number of benzene rings is 1. The van der Waals surface area contributed by atoms with E-state index in [9.17, 15) is 4.79 Å². The number of nitriles is 1. The molecule has 0 fully saturated rings. The standard InChI is InChI=1S/C16H13N3O4/c1-9-11(7-17)16(20)19-18-12(9)4-3-10-5-13(21-2)15-14(6-10)22-8-23-15/h3-6H,8H2,1-2H3,(H,19,20)/b4-3+. The Kier molecular flexibility index (Phi) is 3.73. The van der Waals surface area contributed by atoms with Crippen LogP contribution in [-0.2, 0) is 0 Å². The number of nitrogens with zero attached hydrogens (tertiary/aromatic N) is 2. The zero-order valence-corrected chi connectivity index (χ0v) is 12.5. The molecule has 0 saturated carbocycles. The molecule has 3 rings (SSSR count). The Labute approximate surface area is 131 Å². The van der Waals surface area contributed by atoms with E-state index in [1.165, 1.54) is 0 Å². The number of ether oxygens (including phenoxy) is 3. The van der Waals surface area contributed by atoms with Crippen LogP contribution in [0.15, 0.2) is 16.9 Å². The average Bonchev–Trinajstić information content (AvgIpc) is 3.02. The van der Waals surface area contributed by atoms with Crippen molar-refractivity contribution >= 4 is 12.2 Å². The van der Waals surface area contributed by atoms with Gasteiger partial charge in [0.25, 0.3) is 5.56 Å². The van der Waals surface area contributed by atoms with Gasteiger partial charge in [-0.05, 0) is 36.3 Å². The SMILES string of the molecule is COc1cc(/C=C/c2n[nH]c(=O)c(C#N)c2C)cc2c1OCO2. The lowest BCUT2D eigenvalue weighted by molar-refractivity contribution is 0.171. The molecule has 0 radical (unpaired) electrons. The second kappa shape index (κ2) is 5.85. The lowest BCUT2D eigenvalue weighted by atomic mass is 10.1. The number of hydrogen-bond acceptors (Lipinski definition) is 6. The molecule has 2 aromatic rings. The Morgan fingerprint density at radius 3 is 2.96 bits per heavy atom. The molecule has 0 amide bonds. The molecule has 23 heavy (non-hydrogen) atoms. The maximum atomic E-state index is 11.5. The molecular formula is C16H13N3O4. The monoisotopic (exact) mass is 311 g/mol. The highest BCUT2D eigenvalue weighted by Gasteiger charge is 2.19. The molecule has 1 N–H and O–H groups in total. The van der Waals surface area contributed by atoms with E-state index in [2.05, 4.69) is 10.2 Å². The molecule has 116 valence electrons. The van der Waals surface area contributed by atoms with Gasteiger partial charge in [-0.2, -0.15) is 10.4 Å². The van der Waals surface area contributed by atoms with Crippen molar-refractivity contribution in [3.8, 4) is 23.3 Å². The topological polar surface area (TPSA) is 97.2 Å². The summed E-state index contributed by atoms with van der Waals surface area (Å²) >= 11 is 0. The lowest BCUT2D eigenvalue weighted by Gasteiger charge is -2.06. The fourth-order valence-corrected chi connectivity index (χ4v) is 2.27. The molecule has 0 aliphatic carbocycles. The van der Waals surface area contributed by atoms with Crippen LogP contribution < -0.4 is 19.8 Å². The largest absolute Gasteiger partial charge is 0.493 e. The molecular weight excluding hydrogens is 298 g/mol. The van der Waals surface area contributed by atoms with E-state index in [0.29, 0.717) is 28.5 Å². The molecule has 7 heteroatoms. The van der Waals surface area contributed by atoms with Crippen LogP contribution in [0.5, 0.6) is 17.2 Å². The number of aromatic amines is 1. The summed E-state index contributed by atoms with van der Waals surface area (Å²) in [5.74, 6) is 1.76. The van der Waals surface area contributed by atoms with Gasteiger partial charge < -0.3 is 14.2 Å². The third-order valence-corrected chi connectivity index (χ3v) is 3.49. The van der Waals surface area contributed by atoms with Crippen LogP contribution in [0.2, 0.25) is 0 Å². The fourth-order valence-electron chi connectivity index (χ4n) is 2.27. The molecule has 1 aromatic carbocycles. The zero-order valence-electron chi connectivity index (χ0n) is 12.5. The molecule has 0 saturated heterocycles. The molecule has 1 aliphatic rings. The minimum atomic E-state index is -0.494. The van der Waals surface area contributed by atoms with Gasteiger partial charge in [-0.1, -0.05) is 6.08 Å². The minimum absolute atomic E-state index is 0.0583. The Bertz CT molecular complexity index is 893. The van der Waals surface area contributed by atoms with E-state index in [0.717, 1.165) is 5.56 Å². The van der Waals surface area contributed by atoms with Gasteiger partial charge in [0.05, 0.1) is 12.8 Å². The summed E-state index contributed by atoms with van der Waals surface area (Å²) in [6.07, 6.45) is 3.50.